The van der Waals surface area contributed by atoms with Crippen LogP contribution in [0.1, 0.15) is 63.3 Å². The number of amides is 2. The monoisotopic (exact) mass is 591 g/mol. The summed E-state index contributed by atoms with van der Waals surface area (Å²) in [5.74, 6) is 0.493. The van der Waals surface area contributed by atoms with Gasteiger partial charge in [-0.25, -0.2) is 0 Å². The maximum absolute atomic E-state index is 13.0. The Morgan fingerprint density at radius 1 is 0.864 bits per heavy atom. The first kappa shape index (κ1) is 29.4. The highest BCUT2D eigenvalue weighted by Crippen LogP contribution is 2.27. The number of hydrogen-bond acceptors (Lipinski definition) is 7. The normalized spacial score (nSPS) is 16.9. The number of nitrogens with two attached hydrogens (primary N) is 1. The summed E-state index contributed by atoms with van der Waals surface area (Å²) in [6.45, 7) is 5.32. The molecule has 2 saturated heterocycles. The third-order valence-electron chi connectivity index (χ3n) is 8.61. The second-order valence-electron chi connectivity index (χ2n) is 11.8. The first-order valence-corrected chi connectivity index (χ1v) is 15.3. The summed E-state index contributed by atoms with van der Waals surface area (Å²) < 4.78 is 12.2. The first-order valence-electron chi connectivity index (χ1n) is 15.3. The molecule has 44 heavy (non-hydrogen) atoms. The van der Waals surface area contributed by atoms with Gasteiger partial charge < -0.3 is 20.2 Å². The molecule has 6 rings (SSSR count). The van der Waals surface area contributed by atoms with Crippen molar-refractivity contribution in [2.24, 2.45) is 5.73 Å². The van der Waals surface area contributed by atoms with Gasteiger partial charge in [-0.15, -0.1) is 0 Å². The van der Waals surface area contributed by atoms with Crippen molar-refractivity contribution in [1.82, 2.24) is 15.1 Å². The van der Waals surface area contributed by atoms with Gasteiger partial charge in [-0.1, -0.05) is 24.3 Å². The number of nitriles is 1. The van der Waals surface area contributed by atoms with E-state index in [2.05, 4.69) is 21.2 Å². The van der Waals surface area contributed by atoms with Gasteiger partial charge in [-0.3, -0.25) is 19.4 Å². The number of nitrogens with zero attached hydrogens (tertiary/aromatic N) is 3. The minimum absolute atomic E-state index is 0.104. The molecule has 0 atom stereocenters. The highest BCUT2D eigenvalue weighted by molar-refractivity contribution is 5.96. The fourth-order valence-electron chi connectivity index (χ4n) is 6.05. The largest absolute Gasteiger partial charge is 0.490 e. The SMILES string of the molecule is N#Cc1ccc(CN2CCC(NC(=O)c3cc4cc(OC5CCN(Cc6ccc(C(N)=O)cc6)CC5)ccc4o3)CC2)cc1. The third kappa shape index (κ3) is 7.28. The lowest BCUT2D eigenvalue weighted by atomic mass is 10.0. The molecule has 9 heteroatoms. The van der Waals surface area contributed by atoms with Gasteiger partial charge in [0.15, 0.2) is 5.76 Å². The molecule has 3 heterocycles. The van der Waals surface area contributed by atoms with Crippen LogP contribution < -0.4 is 15.8 Å². The van der Waals surface area contributed by atoms with Crippen molar-refractivity contribution in [3.63, 3.8) is 0 Å². The molecule has 226 valence electrons. The van der Waals surface area contributed by atoms with Crippen molar-refractivity contribution in [3.8, 4) is 11.8 Å². The molecule has 9 nitrogen and oxygen atoms in total. The first-order chi connectivity index (χ1) is 21.4. The second-order valence-corrected chi connectivity index (χ2v) is 11.8. The molecule has 2 amide bonds. The van der Waals surface area contributed by atoms with Gasteiger partial charge >= 0.3 is 0 Å². The molecule has 2 aliphatic rings. The van der Waals surface area contributed by atoms with Crippen molar-refractivity contribution in [1.29, 1.82) is 5.26 Å². The number of primary amides is 1. The van der Waals surface area contributed by atoms with E-state index in [1.807, 2.05) is 54.6 Å². The molecule has 0 spiro atoms. The Hall–Kier alpha value is -4.65. The number of furan rings is 1. The summed E-state index contributed by atoms with van der Waals surface area (Å²) in [6, 6.07) is 25.0. The third-order valence-corrected chi connectivity index (χ3v) is 8.61. The lowest BCUT2D eigenvalue weighted by Crippen LogP contribution is -2.44. The van der Waals surface area contributed by atoms with Crippen LogP contribution in [0.2, 0.25) is 0 Å². The van der Waals surface area contributed by atoms with Crippen LogP contribution in [-0.2, 0) is 13.1 Å². The average molecular weight is 592 g/mol. The van der Waals surface area contributed by atoms with Crippen LogP contribution in [-0.4, -0.2) is 59.9 Å². The van der Waals surface area contributed by atoms with E-state index in [9.17, 15) is 9.59 Å². The maximum atomic E-state index is 13.0. The van der Waals surface area contributed by atoms with E-state index in [0.717, 1.165) is 81.7 Å². The Morgan fingerprint density at radius 2 is 1.48 bits per heavy atom. The zero-order valence-electron chi connectivity index (χ0n) is 24.7. The molecule has 0 unspecified atom stereocenters. The molecule has 3 N–H and O–H groups in total. The summed E-state index contributed by atoms with van der Waals surface area (Å²) >= 11 is 0. The number of likely N-dealkylation sites (tertiary alicyclic amines) is 2. The molecule has 1 aromatic heterocycles. The predicted molar refractivity (Wildman–Crippen MR) is 167 cm³/mol. The zero-order valence-corrected chi connectivity index (χ0v) is 24.7. The molecule has 0 aliphatic carbocycles. The summed E-state index contributed by atoms with van der Waals surface area (Å²) in [5, 5.41) is 13.0. The molecule has 2 aliphatic heterocycles. The zero-order chi connectivity index (χ0) is 30.5. The Bertz CT molecular complexity index is 1640. The number of carbonyl (C=O) groups excluding carboxylic acids is 2. The van der Waals surface area contributed by atoms with Crippen LogP contribution in [0.4, 0.5) is 0 Å². The fraction of sp³-hybridized carbons (Fsp3) is 0.343. The van der Waals surface area contributed by atoms with Gasteiger partial charge in [-0.2, -0.15) is 5.26 Å². The minimum atomic E-state index is -0.410. The van der Waals surface area contributed by atoms with Crippen molar-refractivity contribution >= 4 is 22.8 Å². The average Bonchev–Trinajstić information content (AvgIpc) is 3.47. The standard InChI is InChI=1S/C35H37N5O4/c36-21-24-1-3-25(4-2-24)22-39-15-11-29(12-16-39)38-35(42)33-20-28-19-31(9-10-32(28)44-33)43-30-13-17-40(18-14-30)23-26-5-7-27(8-6-26)34(37)41/h1-10,19-20,29-30H,11-18,22-23H2,(H2,37,41)(H,38,42). The molecular weight excluding hydrogens is 554 g/mol. The summed E-state index contributed by atoms with van der Waals surface area (Å²) in [7, 11) is 0. The van der Waals surface area contributed by atoms with Gasteiger partial charge in [0.2, 0.25) is 5.91 Å². The minimum Gasteiger partial charge on any atom is -0.490 e. The van der Waals surface area contributed by atoms with Crippen molar-refractivity contribution in [2.45, 2.75) is 50.9 Å². The van der Waals surface area contributed by atoms with Crippen molar-refractivity contribution < 1.29 is 18.7 Å². The van der Waals surface area contributed by atoms with Crippen molar-refractivity contribution in [3.05, 3.63) is 101 Å². The summed E-state index contributed by atoms with van der Waals surface area (Å²) in [4.78, 5) is 29.1. The molecule has 0 saturated carbocycles. The van der Waals surface area contributed by atoms with Crippen LogP contribution in [0.3, 0.4) is 0 Å². The van der Waals surface area contributed by atoms with E-state index in [1.165, 1.54) is 5.56 Å². The van der Waals surface area contributed by atoms with Crippen LogP contribution in [0.5, 0.6) is 5.75 Å². The number of rotatable bonds is 9. The van der Waals surface area contributed by atoms with E-state index in [4.69, 9.17) is 20.1 Å². The Kier molecular flexibility index (Phi) is 8.91. The van der Waals surface area contributed by atoms with Gasteiger partial charge in [0, 0.05) is 56.3 Å². The molecule has 0 bridgehead atoms. The van der Waals surface area contributed by atoms with Crippen LogP contribution in [0.25, 0.3) is 11.0 Å². The number of nitrogens with one attached hydrogen (secondary N) is 1. The van der Waals surface area contributed by atoms with Crippen molar-refractivity contribution in [2.75, 3.05) is 26.2 Å². The number of benzene rings is 3. The Labute approximate surface area is 257 Å². The van der Waals surface area contributed by atoms with Gasteiger partial charge in [0.05, 0.1) is 11.6 Å². The van der Waals surface area contributed by atoms with E-state index in [0.29, 0.717) is 22.5 Å². The Morgan fingerprint density at radius 3 is 2.09 bits per heavy atom. The fourth-order valence-corrected chi connectivity index (χ4v) is 6.05. The molecule has 4 aromatic rings. The topological polar surface area (TPSA) is 125 Å². The van der Waals surface area contributed by atoms with Crippen LogP contribution in [0, 0.1) is 11.3 Å². The van der Waals surface area contributed by atoms with Gasteiger partial charge in [0.1, 0.15) is 17.4 Å². The second kappa shape index (κ2) is 13.3. The van der Waals surface area contributed by atoms with E-state index < -0.39 is 5.91 Å². The molecule has 0 radical (unpaired) electrons. The van der Waals surface area contributed by atoms with E-state index in [-0.39, 0.29) is 18.1 Å². The van der Waals surface area contributed by atoms with Gasteiger partial charge in [-0.05, 0) is 85.3 Å². The molecule has 3 aromatic carbocycles. The summed E-state index contributed by atoms with van der Waals surface area (Å²) in [6.07, 6.45) is 3.71. The predicted octanol–water partition coefficient (Wildman–Crippen LogP) is 4.84. The number of ether oxygens (including phenoxy) is 1. The summed E-state index contributed by atoms with van der Waals surface area (Å²) in [5.41, 5.74) is 9.55. The van der Waals surface area contributed by atoms with Crippen LogP contribution in [0.15, 0.2) is 77.2 Å². The van der Waals surface area contributed by atoms with E-state index in [1.54, 1.807) is 18.2 Å². The lowest BCUT2D eigenvalue weighted by Gasteiger charge is -2.32. The highest BCUT2D eigenvalue weighted by atomic mass is 16.5. The number of fused-ring (bicyclic) bond motifs is 1. The quantitative estimate of drug-likeness (QED) is 0.285. The molecule has 2 fully saturated rings. The number of piperidine rings is 2. The maximum Gasteiger partial charge on any atom is 0.287 e. The smallest absolute Gasteiger partial charge is 0.287 e. The van der Waals surface area contributed by atoms with Gasteiger partial charge in [0.25, 0.3) is 5.91 Å². The van der Waals surface area contributed by atoms with Crippen LogP contribution >= 0.6 is 0 Å². The Balaban J connectivity index is 0.961. The highest BCUT2D eigenvalue weighted by Gasteiger charge is 2.24. The molecular formula is C35H37N5O4. The lowest BCUT2D eigenvalue weighted by molar-refractivity contribution is 0.0882. The number of carbonyl (C=O) groups is 2. The number of hydrogen-bond donors (Lipinski definition) is 2. The van der Waals surface area contributed by atoms with E-state index >= 15 is 0 Å².